The Hall–Kier alpha value is 0.01000. The molecule has 0 atom stereocenters. The van der Waals surface area contributed by atoms with Gasteiger partial charge in [0.2, 0.25) is 0 Å². The molecule has 0 aliphatic carbocycles. The van der Waals surface area contributed by atoms with Gasteiger partial charge in [0, 0.05) is 16.3 Å². The number of rotatable bonds is 2. The average molecular weight is 228 g/mol. The Kier molecular flexibility index (Phi) is 3.90. The van der Waals surface area contributed by atoms with Crippen molar-refractivity contribution >= 4 is 11.8 Å². The molecule has 0 spiro atoms. The van der Waals surface area contributed by atoms with Crippen LogP contribution in [0.15, 0.2) is 11.5 Å². The first-order valence-electron chi connectivity index (χ1n) is 5.54. The van der Waals surface area contributed by atoms with E-state index in [0.29, 0.717) is 5.25 Å². The van der Waals surface area contributed by atoms with Crippen LogP contribution in [0.2, 0.25) is 0 Å². The molecule has 0 N–H and O–H groups in total. The summed E-state index contributed by atoms with van der Waals surface area (Å²) >= 11 is 1.86. The van der Waals surface area contributed by atoms with Crippen LogP contribution in [-0.2, 0) is 5.21 Å². The lowest BCUT2D eigenvalue weighted by Crippen LogP contribution is -2.58. The minimum atomic E-state index is -0.235. The van der Waals surface area contributed by atoms with Gasteiger partial charge in [0.05, 0.1) is 0 Å². The first-order chi connectivity index (χ1) is 6.79. The predicted molar refractivity (Wildman–Crippen MR) is 66.1 cm³/mol. The molecule has 2 nitrogen and oxygen atoms in total. The van der Waals surface area contributed by atoms with Crippen molar-refractivity contribution in [3.8, 4) is 0 Å². The maximum Gasteiger partial charge on any atom is 0.0454 e. The van der Waals surface area contributed by atoms with E-state index in [1.54, 1.807) is 0 Å². The van der Waals surface area contributed by atoms with Crippen LogP contribution in [0.5, 0.6) is 0 Å². The summed E-state index contributed by atoms with van der Waals surface area (Å²) < 4.78 is 0. The van der Waals surface area contributed by atoms with Crippen molar-refractivity contribution in [2.24, 2.45) is 0 Å². The lowest BCUT2D eigenvalue weighted by molar-refractivity contribution is -0.285. The van der Waals surface area contributed by atoms with Gasteiger partial charge in [-0.1, -0.05) is 6.08 Å². The lowest BCUT2D eigenvalue weighted by Gasteiger charge is -2.49. The fourth-order valence-corrected chi connectivity index (χ4v) is 3.85. The standard InChI is InChI=1S/C12H22NOS/c1-6-7-15-10-8-11(2,3)13(14)12(4,5)9-10/h6-7,10H,8-9H2,1-5H3/b7-6+. The normalized spacial score (nSPS) is 27.3. The van der Waals surface area contributed by atoms with Gasteiger partial charge in [-0.05, 0) is 52.9 Å². The Morgan fingerprint density at radius 3 is 2.07 bits per heavy atom. The second kappa shape index (κ2) is 4.48. The molecule has 1 rings (SSSR count). The van der Waals surface area contributed by atoms with Crippen molar-refractivity contribution < 1.29 is 5.21 Å². The van der Waals surface area contributed by atoms with Crippen LogP contribution in [0.25, 0.3) is 0 Å². The quantitative estimate of drug-likeness (QED) is 0.720. The van der Waals surface area contributed by atoms with Crippen molar-refractivity contribution in [1.29, 1.82) is 0 Å². The molecule has 0 aromatic carbocycles. The Morgan fingerprint density at radius 2 is 1.67 bits per heavy atom. The summed E-state index contributed by atoms with van der Waals surface area (Å²) in [6.07, 6.45) is 4.00. The lowest BCUT2D eigenvalue weighted by atomic mass is 9.82. The van der Waals surface area contributed by atoms with Crippen LogP contribution >= 0.6 is 11.8 Å². The van der Waals surface area contributed by atoms with Crippen molar-refractivity contribution in [3.63, 3.8) is 0 Å². The SMILES string of the molecule is C/C=C/SC1CC(C)(C)N([O])C(C)(C)C1. The number of hydroxylamine groups is 2. The minimum Gasteiger partial charge on any atom is -0.144 e. The highest BCUT2D eigenvalue weighted by Gasteiger charge is 2.45. The average Bonchev–Trinajstić information content (AvgIpc) is 2.10. The van der Waals surface area contributed by atoms with E-state index in [2.05, 4.69) is 11.5 Å². The predicted octanol–water partition coefficient (Wildman–Crippen LogP) is 3.62. The third-order valence-corrected chi connectivity index (χ3v) is 4.11. The molecule has 87 valence electrons. The zero-order valence-electron chi connectivity index (χ0n) is 10.4. The summed E-state index contributed by atoms with van der Waals surface area (Å²) in [6.45, 7) is 10.2. The molecule has 1 aliphatic rings. The highest BCUT2D eigenvalue weighted by molar-refractivity contribution is 8.02. The fraction of sp³-hybridized carbons (Fsp3) is 0.833. The van der Waals surface area contributed by atoms with Gasteiger partial charge < -0.3 is 0 Å². The Balaban J connectivity index is 2.75. The van der Waals surface area contributed by atoms with E-state index in [-0.39, 0.29) is 11.1 Å². The Morgan fingerprint density at radius 1 is 1.20 bits per heavy atom. The minimum absolute atomic E-state index is 0.235. The Labute approximate surface area is 97.7 Å². The molecule has 0 aromatic rings. The van der Waals surface area contributed by atoms with E-state index in [1.165, 1.54) is 5.06 Å². The number of allylic oxidation sites excluding steroid dienone is 1. The van der Waals surface area contributed by atoms with Crippen molar-refractivity contribution in [1.82, 2.24) is 5.06 Å². The van der Waals surface area contributed by atoms with E-state index in [9.17, 15) is 5.21 Å². The van der Waals surface area contributed by atoms with Crippen LogP contribution in [-0.4, -0.2) is 21.4 Å². The number of hydrogen-bond donors (Lipinski definition) is 0. The van der Waals surface area contributed by atoms with Crippen LogP contribution in [0.1, 0.15) is 47.5 Å². The zero-order valence-corrected chi connectivity index (χ0v) is 11.2. The van der Waals surface area contributed by atoms with E-state index in [1.807, 2.05) is 46.4 Å². The topological polar surface area (TPSA) is 23.1 Å². The molecular formula is C12H22NOS. The summed E-state index contributed by atoms with van der Waals surface area (Å²) in [6, 6.07) is 0. The summed E-state index contributed by atoms with van der Waals surface area (Å²) in [5, 5.41) is 16.1. The molecule has 1 fully saturated rings. The molecule has 1 saturated heterocycles. The van der Waals surface area contributed by atoms with Crippen LogP contribution in [0.3, 0.4) is 0 Å². The molecule has 1 radical (unpaired) electrons. The number of thioether (sulfide) groups is 1. The van der Waals surface area contributed by atoms with Gasteiger partial charge in [0.15, 0.2) is 0 Å². The molecule has 3 heteroatoms. The van der Waals surface area contributed by atoms with E-state index in [0.717, 1.165) is 12.8 Å². The van der Waals surface area contributed by atoms with Gasteiger partial charge in [-0.15, -0.1) is 22.0 Å². The van der Waals surface area contributed by atoms with Crippen molar-refractivity contribution in [3.05, 3.63) is 11.5 Å². The number of nitrogens with zero attached hydrogens (tertiary/aromatic N) is 1. The highest BCUT2D eigenvalue weighted by Crippen LogP contribution is 2.41. The number of piperidine rings is 1. The molecule has 1 heterocycles. The molecule has 0 amide bonds. The number of hydrogen-bond acceptors (Lipinski definition) is 2. The summed E-state index contributed by atoms with van der Waals surface area (Å²) in [4.78, 5) is 0. The van der Waals surface area contributed by atoms with Crippen LogP contribution in [0, 0.1) is 0 Å². The van der Waals surface area contributed by atoms with Gasteiger partial charge in [0.1, 0.15) is 0 Å². The smallest absolute Gasteiger partial charge is 0.0454 e. The largest absolute Gasteiger partial charge is 0.144 e. The van der Waals surface area contributed by atoms with Gasteiger partial charge in [0.25, 0.3) is 0 Å². The second-order valence-corrected chi connectivity index (χ2v) is 6.77. The molecule has 0 aromatic heterocycles. The molecule has 0 bridgehead atoms. The summed E-state index contributed by atoms with van der Waals surface area (Å²) in [5.74, 6) is 0. The van der Waals surface area contributed by atoms with Gasteiger partial charge >= 0.3 is 0 Å². The first-order valence-corrected chi connectivity index (χ1v) is 6.48. The summed E-state index contributed by atoms with van der Waals surface area (Å²) in [5.41, 5.74) is -0.470. The molecule has 0 unspecified atom stereocenters. The van der Waals surface area contributed by atoms with Crippen molar-refractivity contribution in [2.75, 3.05) is 0 Å². The second-order valence-electron chi connectivity index (χ2n) is 5.56. The summed E-state index contributed by atoms with van der Waals surface area (Å²) in [7, 11) is 0. The van der Waals surface area contributed by atoms with E-state index in [4.69, 9.17) is 0 Å². The third-order valence-electron chi connectivity index (χ3n) is 2.96. The molecule has 0 saturated carbocycles. The molecule has 15 heavy (non-hydrogen) atoms. The fourth-order valence-electron chi connectivity index (χ4n) is 2.46. The van der Waals surface area contributed by atoms with Crippen molar-refractivity contribution in [2.45, 2.75) is 63.8 Å². The highest BCUT2D eigenvalue weighted by atomic mass is 32.2. The Bertz CT molecular complexity index is 230. The first kappa shape index (κ1) is 13.1. The van der Waals surface area contributed by atoms with Crippen LogP contribution < -0.4 is 0 Å². The van der Waals surface area contributed by atoms with Gasteiger partial charge in [-0.3, -0.25) is 0 Å². The van der Waals surface area contributed by atoms with E-state index >= 15 is 0 Å². The monoisotopic (exact) mass is 228 g/mol. The van der Waals surface area contributed by atoms with Gasteiger partial charge in [-0.25, -0.2) is 0 Å². The molecular weight excluding hydrogens is 206 g/mol. The van der Waals surface area contributed by atoms with Gasteiger partial charge in [-0.2, -0.15) is 0 Å². The maximum absolute atomic E-state index is 12.1. The zero-order chi connectivity index (χ0) is 11.7. The third kappa shape index (κ3) is 2.99. The maximum atomic E-state index is 12.1. The molecule has 1 aliphatic heterocycles. The van der Waals surface area contributed by atoms with Crippen LogP contribution in [0.4, 0.5) is 0 Å². The van der Waals surface area contributed by atoms with E-state index < -0.39 is 0 Å².